The van der Waals surface area contributed by atoms with Gasteiger partial charge in [-0.05, 0) is 56.0 Å². The van der Waals surface area contributed by atoms with E-state index in [0.717, 1.165) is 42.3 Å². The van der Waals surface area contributed by atoms with Crippen LogP contribution in [0.25, 0.3) is 22.3 Å². The van der Waals surface area contributed by atoms with Gasteiger partial charge < -0.3 is 4.57 Å². The molecule has 2 aliphatic carbocycles. The molecule has 8 heteroatoms. The van der Waals surface area contributed by atoms with Gasteiger partial charge >= 0.3 is 0 Å². The summed E-state index contributed by atoms with van der Waals surface area (Å²) < 4.78 is 29.3. The zero-order valence-electron chi connectivity index (χ0n) is 17.0. The summed E-state index contributed by atoms with van der Waals surface area (Å²) >= 11 is 6.25. The van der Waals surface area contributed by atoms with Gasteiger partial charge in [-0.25, -0.2) is 8.42 Å². The molecule has 3 aromatic rings. The van der Waals surface area contributed by atoms with Gasteiger partial charge in [-0.3, -0.25) is 9.71 Å². The van der Waals surface area contributed by atoms with E-state index in [1.54, 1.807) is 12.1 Å². The van der Waals surface area contributed by atoms with Crippen LogP contribution in [0.5, 0.6) is 0 Å². The number of fused-ring (bicyclic) bond motifs is 1. The Morgan fingerprint density at radius 2 is 1.87 bits per heavy atom. The second kappa shape index (κ2) is 7.85. The fourth-order valence-corrected chi connectivity index (χ4v) is 6.14. The summed E-state index contributed by atoms with van der Waals surface area (Å²) in [4.78, 5) is 4.56. The lowest BCUT2D eigenvalue weighted by Crippen LogP contribution is -2.17. The molecule has 0 amide bonds. The number of halogens is 1. The van der Waals surface area contributed by atoms with Gasteiger partial charge in [0.15, 0.2) is 0 Å². The lowest BCUT2D eigenvalue weighted by atomic mass is 9.95. The van der Waals surface area contributed by atoms with Gasteiger partial charge in [0.2, 0.25) is 10.0 Å². The van der Waals surface area contributed by atoms with Crippen molar-refractivity contribution in [2.24, 2.45) is 0 Å². The number of rotatable bonds is 5. The topological polar surface area (TPSA) is 87.8 Å². The zero-order chi connectivity index (χ0) is 21.6. The van der Waals surface area contributed by atoms with Crippen LogP contribution in [0.4, 0.5) is 5.69 Å². The van der Waals surface area contributed by atoms with Crippen LogP contribution >= 0.6 is 11.6 Å². The molecular formula is C23H23ClN4O2S. The lowest BCUT2D eigenvalue weighted by Gasteiger charge is -2.26. The number of pyridine rings is 1. The smallest absolute Gasteiger partial charge is 0.235 e. The van der Waals surface area contributed by atoms with E-state index in [0.29, 0.717) is 40.9 Å². The maximum atomic E-state index is 12.2. The predicted molar refractivity (Wildman–Crippen MR) is 123 cm³/mol. The number of nitrogens with one attached hydrogen (secondary N) is 1. The average Bonchev–Trinajstić information content (AvgIpc) is 3.58. The molecule has 1 aromatic carbocycles. The van der Waals surface area contributed by atoms with Crippen molar-refractivity contribution < 1.29 is 8.42 Å². The number of nitriles is 1. The molecule has 1 N–H and O–H groups in total. The van der Waals surface area contributed by atoms with Crippen molar-refractivity contribution in [1.82, 2.24) is 9.55 Å². The minimum absolute atomic E-state index is 0.295. The van der Waals surface area contributed by atoms with Crippen LogP contribution in [0.15, 0.2) is 36.5 Å². The molecule has 0 saturated heterocycles. The summed E-state index contributed by atoms with van der Waals surface area (Å²) in [6, 6.07) is 11.9. The SMILES string of the molecule is N#Cc1c(-c2ccc(NS(=O)(=O)C3CC3)cn2)n(C2CCCCC2)c2ccc(Cl)cc12. The molecule has 2 fully saturated rings. The number of benzene rings is 1. The van der Waals surface area contributed by atoms with Crippen molar-refractivity contribution in [2.45, 2.75) is 56.2 Å². The van der Waals surface area contributed by atoms with Gasteiger partial charge in [0.05, 0.1) is 39.6 Å². The highest BCUT2D eigenvalue weighted by atomic mass is 35.5. The lowest BCUT2D eigenvalue weighted by molar-refractivity contribution is 0.363. The van der Waals surface area contributed by atoms with Gasteiger partial charge in [0.25, 0.3) is 0 Å². The molecule has 0 unspecified atom stereocenters. The number of hydrogen-bond donors (Lipinski definition) is 1. The molecule has 5 rings (SSSR count). The Kier molecular flexibility index (Phi) is 5.15. The predicted octanol–water partition coefficient (Wildman–Crippen LogP) is 5.64. The van der Waals surface area contributed by atoms with E-state index in [1.807, 2.05) is 18.2 Å². The van der Waals surface area contributed by atoms with Gasteiger partial charge in [0, 0.05) is 16.5 Å². The first kappa shape index (κ1) is 20.3. The number of anilines is 1. The minimum Gasteiger partial charge on any atom is -0.335 e. The average molecular weight is 455 g/mol. The number of hydrogen-bond acceptors (Lipinski definition) is 4. The molecule has 160 valence electrons. The van der Waals surface area contributed by atoms with Crippen molar-refractivity contribution in [3.8, 4) is 17.5 Å². The molecular weight excluding hydrogens is 432 g/mol. The highest BCUT2D eigenvalue weighted by molar-refractivity contribution is 7.93. The summed E-state index contributed by atoms with van der Waals surface area (Å²) in [5.74, 6) is 0. The molecule has 2 heterocycles. The number of nitrogens with zero attached hydrogens (tertiary/aromatic N) is 3. The fourth-order valence-electron chi connectivity index (χ4n) is 4.59. The van der Waals surface area contributed by atoms with Crippen LogP contribution in [0, 0.1) is 11.3 Å². The Hall–Kier alpha value is -2.56. The second-order valence-corrected chi connectivity index (χ2v) is 10.8. The molecule has 2 aliphatic rings. The first-order valence-corrected chi connectivity index (χ1v) is 12.6. The zero-order valence-corrected chi connectivity index (χ0v) is 18.6. The van der Waals surface area contributed by atoms with Crippen molar-refractivity contribution in [3.63, 3.8) is 0 Å². The third kappa shape index (κ3) is 3.79. The van der Waals surface area contributed by atoms with E-state index in [9.17, 15) is 13.7 Å². The number of aromatic nitrogens is 2. The van der Waals surface area contributed by atoms with E-state index in [2.05, 4.69) is 20.3 Å². The molecule has 31 heavy (non-hydrogen) atoms. The van der Waals surface area contributed by atoms with Crippen LogP contribution in [0.2, 0.25) is 5.02 Å². The van der Waals surface area contributed by atoms with Gasteiger partial charge in [-0.1, -0.05) is 30.9 Å². The van der Waals surface area contributed by atoms with E-state index < -0.39 is 10.0 Å². The Labute approximate surface area is 186 Å². The van der Waals surface area contributed by atoms with Crippen molar-refractivity contribution in [1.29, 1.82) is 5.26 Å². The van der Waals surface area contributed by atoms with Gasteiger partial charge in [-0.15, -0.1) is 0 Å². The van der Waals surface area contributed by atoms with Crippen LogP contribution < -0.4 is 4.72 Å². The molecule has 0 spiro atoms. The normalized spacial score (nSPS) is 17.5. The van der Waals surface area contributed by atoms with Crippen molar-refractivity contribution >= 4 is 38.2 Å². The summed E-state index contributed by atoms with van der Waals surface area (Å²) in [7, 11) is -3.34. The first-order chi connectivity index (χ1) is 15.0. The summed E-state index contributed by atoms with van der Waals surface area (Å²) in [5.41, 5.74) is 3.43. The first-order valence-electron chi connectivity index (χ1n) is 10.7. The van der Waals surface area contributed by atoms with Crippen LogP contribution in [-0.2, 0) is 10.0 Å². The standard InChI is InChI=1S/C23H23ClN4O2S/c24-15-6-11-22-19(12-15)20(13-25)23(28(22)17-4-2-1-3-5-17)21-10-7-16(14-26-21)27-31(29,30)18-8-9-18/h6-7,10-12,14,17-18,27H,1-5,8-9H2. The highest BCUT2D eigenvalue weighted by Crippen LogP contribution is 2.41. The molecule has 0 radical (unpaired) electrons. The molecule has 6 nitrogen and oxygen atoms in total. The van der Waals surface area contributed by atoms with Crippen LogP contribution in [0.3, 0.4) is 0 Å². The molecule has 2 aromatic heterocycles. The summed E-state index contributed by atoms with van der Waals surface area (Å²) in [6.45, 7) is 0. The second-order valence-electron chi connectivity index (χ2n) is 8.44. The van der Waals surface area contributed by atoms with Crippen molar-refractivity contribution in [3.05, 3.63) is 47.1 Å². The highest BCUT2D eigenvalue weighted by Gasteiger charge is 2.35. The maximum Gasteiger partial charge on any atom is 0.235 e. The molecule has 0 atom stereocenters. The Balaban J connectivity index is 1.62. The van der Waals surface area contributed by atoms with Crippen molar-refractivity contribution in [2.75, 3.05) is 4.72 Å². The minimum atomic E-state index is -3.34. The quantitative estimate of drug-likeness (QED) is 0.540. The van der Waals surface area contributed by atoms with Crippen LogP contribution in [-0.4, -0.2) is 23.2 Å². The Morgan fingerprint density at radius 3 is 2.52 bits per heavy atom. The fraction of sp³-hybridized carbons (Fsp3) is 0.391. The molecule has 0 aliphatic heterocycles. The van der Waals surface area contributed by atoms with E-state index in [-0.39, 0.29) is 5.25 Å². The summed E-state index contributed by atoms with van der Waals surface area (Å²) in [5, 5.41) is 11.2. The third-order valence-corrected chi connectivity index (χ3v) is 8.35. The maximum absolute atomic E-state index is 12.2. The van der Waals surface area contributed by atoms with Gasteiger partial charge in [0.1, 0.15) is 6.07 Å². The Bertz CT molecular complexity index is 1280. The molecule has 0 bridgehead atoms. The number of sulfonamides is 1. The largest absolute Gasteiger partial charge is 0.335 e. The third-order valence-electron chi connectivity index (χ3n) is 6.25. The molecule has 2 saturated carbocycles. The monoisotopic (exact) mass is 454 g/mol. The van der Waals surface area contributed by atoms with Crippen LogP contribution in [0.1, 0.15) is 56.6 Å². The van der Waals surface area contributed by atoms with E-state index >= 15 is 0 Å². The van der Waals surface area contributed by atoms with E-state index in [4.69, 9.17) is 11.6 Å². The summed E-state index contributed by atoms with van der Waals surface area (Å²) in [6.07, 6.45) is 8.62. The van der Waals surface area contributed by atoms with E-state index in [1.165, 1.54) is 12.6 Å². The Morgan fingerprint density at radius 1 is 1.10 bits per heavy atom. The van der Waals surface area contributed by atoms with Gasteiger partial charge in [-0.2, -0.15) is 5.26 Å².